The third kappa shape index (κ3) is 10.2. The topological polar surface area (TPSA) is 115 Å². The quantitative estimate of drug-likeness (QED) is 0.343. The Labute approximate surface area is 209 Å². The number of methoxy groups -OCH3 is 1. The van der Waals surface area contributed by atoms with Gasteiger partial charge in [-0.15, -0.1) is 0 Å². The van der Waals surface area contributed by atoms with E-state index in [-0.39, 0.29) is 24.4 Å². The molecule has 8 nitrogen and oxygen atoms in total. The molecule has 0 saturated heterocycles. The van der Waals surface area contributed by atoms with Gasteiger partial charge in [-0.05, 0) is 75.8 Å². The van der Waals surface area contributed by atoms with Gasteiger partial charge >= 0.3 is 0 Å². The van der Waals surface area contributed by atoms with Crippen LogP contribution in [0.2, 0.25) is 0 Å². The van der Waals surface area contributed by atoms with Crippen molar-refractivity contribution in [2.24, 2.45) is 10.7 Å². The van der Waals surface area contributed by atoms with Gasteiger partial charge in [0.15, 0.2) is 0 Å². The number of carbonyl (C=O) groups is 1. The first-order valence-corrected chi connectivity index (χ1v) is 12.3. The van der Waals surface area contributed by atoms with E-state index < -0.39 is 0 Å². The van der Waals surface area contributed by atoms with Gasteiger partial charge in [-0.3, -0.25) is 9.79 Å². The summed E-state index contributed by atoms with van der Waals surface area (Å²) in [6.45, 7) is 8.99. The Morgan fingerprint density at radius 1 is 1.26 bits per heavy atom. The molecule has 4 N–H and O–H groups in total. The Hall–Kier alpha value is -3.42. The minimum atomic E-state index is -0.359. The molecule has 2 aromatic rings. The number of allylic oxidation sites excluding steroid dienone is 2. The van der Waals surface area contributed by atoms with Crippen LogP contribution < -0.4 is 21.1 Å². The Balaban J connectivity index is 1.98. The number of anilines is 1. The molecule has 0 aromatic carbocycles. The van der Waals surface area contributed by atoms with Crippen LogP contribution in [0.1, 0.15) is 69.3 Å². The predicted molar refractivity (Wildman–Crippen MR) is 143 cm³/mol. The highest BCUT2D eigenvalue weighted by atomic mass is 16.5. The number of carbonyl (C=O) groups excluding carboxylic acids is 1. The largest absolute Gasteiger partial charge is 0.481 e. The second-order valence-corrected chi connectivity index (χ2v) is 8.86. The third-order valence-corrected chi connectivity index (χ3v) is 5.33. The first-order chi connectivity index (χ1) is 16.8. The number of aliphatic imine (C=N–C) groups is 1. The number of pyridine rings is 2. The van der Waals surface area contributed by atoms with Crippen molar-refractivity contribution in [1.29, 1.82) is 0 Å². The summed E-state index contributed by atoms with van der Waals surface area (Å²) in [6, 6.07) is 7.53. The zero-order chi connectivity index (χ0) is 25.6. The van der Waals surface area contributed by atoms with Crippen LogP contribution in [0.15, 0.2) is 47.2 Å². The molecule has 8 heteroatoms. The average molecular weight is 481 g/mol. The molecule has 0 bridgehead atoms. The van der Waals surface area contributed by atoms with Crippen molar-refractivity contribution in [2.75, 3.05) is 19.0 Å². The van der Waals surface area contributed by atoms with Crippen LogP contribution in [0, 0.1) is 6.92 Å². The maximum Gasteiger partial charge on any atom is 0.222 e. The zero-order valence-corrected chi connectivity index (χ0v) is 21.7. The molecule has 0 spiro atoms. The molecule has 1 atom stereocenters. The van der Waals surface area contributed by atoms with Crippen molar-refractivity contribution in [3.05, 3.63) is 59.1 Å². The number of rotatable bonds is 14. The summed E-state index contributed by atoms with van der Waals surface area (Å²) in [7, 11) is 1.57. The van der Waals surface area contributed by atoms with E-state index in [1.54, 1.807) is 31.7 Å². The Morgan fingerprint density at radius 3 is 2.71 bits per heavy atom. The second-order valence-electron chi connectivity index (χ2n) is 8.86. The van der Waals surface area contributed by atoms with Gasteiger partial charge < -0.3 is 21.1 Å². The third-order valence-electron chi connectivity index (χ3n) is 5.33. The molecule has 0 aliphatic rings. The van der Waals surface area contributed by atoms with E-state index in [0.717, 1.165) is 60.6 Å². The van der Waals surface area contributed by atoms with Gasteiger partial charge in [0.1, 0.15) is 5.82 Å². The molecule has 190 valence electrons. The van der Waals surface area contributed by atoms with Gasteiger partial charge in [-0.2, -0.15) is 0 Å². The normalized spacial score (nSPS) is 12.7. The van der Waals surface area contributed by atoms with Crippen molar-refractivity contribution in [3.63, 3.8) is 0 Å². The fourth-order valence-corrected chi connectivity index (χ4v) is 3.45. The minimum absolute atomic E-state index is 0.0617. The molecule has 1 unspecified atom stereocenters. The first kappa shape index (κ1) is 27.8. The van der Waals surface area contributed by atoms with Crippen LogP contribution in [-0.4, -0.2) is 41.8 Å². The summed E-state index contributed by atoms with van der Waals surface area (Å²) >= 11 is 0. The minimum Gasteiger partial charge on any atom is -0.481 e. The number of ether oxygens (including phenoxy) is 1. The van der Waals surface area contributed by atoms with Gasteiger partial charge in [-0.1, -0.05) is 13.0 Å². The Morgan fingerprint density at radius 2 is 2.06 bits per heavy atom. The lowest BCUT2D eigenvalue weighted by Gasteiger charge is -2.14. The summed E-state index contributed by atoms with van der Waals surface area (Å²) < 4.78 is 5.13. The molecule has 0 fully saturated rings. The fraction of sp³-hybridized carbons (Fsp3) is 0.481. The monoisotopic (exact) mass is 480 g/mol. The van der Waals surface area contributed by atoms with Crippen molar-refractivity contribution >= 4 is 17.9 Å². The summed E-state index contributed by atoms with van der Waals surface area (Å²) in [5, 5.41) is 6.30. The molecule has 0 saturated carbocycles. The van der Waals surface area contributed by atoms with Gasteiger partial charge in [0, 0.05) is 42.5 Å². The number of aryl methyl sites for hydroxylation is 2. The standard InChI is InChI=1S/C27H40N6O2/c1-6-15-30-27-20(4)10-12-23(33-27)9-7-8-22(28)14-16-29-24(17-25(34)32-19(2)3)21-11-13-26(35-5)31-18-21/h10-14,16,18-19,24H,6-9,15,17,28H2,1-5H3,(H,30,33)(H,32,34). The van der Waals surface area contributed by atoms with Gasteiger partial charge in [0.2, 0.25) is 11.8 Å². The van der Waals surface area contributed by atoms with E-state index in [0.29, 0.717) is 5.88 Å². The molecule has 2 aromatic heterocycles. The van der Waals surface area contributed by atoms with Crippen LogP contribution in [0.3, 0.4) is 0 Å². The Bertz CT molecular complexity index is 986. The molecular weight excluding hydrogens is 440 g/mol. The van der Waals surface area contributed by atoms with E-state index in [9.17, 15) is 4.79 Å². The Kier molecular flexibility index (Phi) is 11.7. The van der Waals surface area contributed by atoms with Crippen LogP contribution in [0.4, 0.5) is 5.82 Å². The summed E-state index contributed by atoms with van der Waals surface area (Å²) in [5.74, 6) is 1.41. The molecular formula is C27H40N6O2. The van der Waals surface area contributed by atoms with E-state index in [1.807, 2.05) is 19.9 Å². The number of nitrogens with one attached hydrogen (secondary N) is 2. The van der Waals surface area contributed by atoms with Crippen LogP contribution in [-0.2, 0) is 11.2 Å². The van der Waals surface area contributed by atoms with Crippen molar-refractivity contribution in [2.45, 2.75) is 71.9 Å². The van der Waals surface area contributed by atoms with Crippen LogP contribution in [0.5, 0.6) is 5.88 Å². The number of hydrogen-bond donors (Lipinski definition) is 3. The smallest absolute Gasteiger partial charge is 0.222 e. The summed E-state index contributed by atoms with van der Waals surface area (Å²) in [6.07, 6.45) is 8.95. The number of hydrogen-bond acceptors (Lipinski definition) is 7. The molecule has 2 rings (SSSR count). The summed E-state index contributed by atoms with van der Waals surface area (Å²) in [4.78, 5) is 25.9. The van der Waals surface area contributed by atoms with Gasteiger partial charge in [0.05, 0.1) is 19.6 Å². The second kappa shape index (κ2) is 14.8. The molecule has 2 heterocycles. The molecule has 35 heavy (non-hydrogen) atoms. The lowest BCUT2D eigenvalue weighted by Crippen LogP contribution is -2.31. The maximum absolute atomic E-state index is 12.4. The molecule has 1 amide bonds. The van der Waals surface area contributed by atoms with E-state index in [4.69, 9.17) is 15.5 Å². The average Bonchev–Trinajstić information content (AvgIpc) is 2.83. The maximum atomic E-state index is 12.4. The lowest BCUT2D eigenvalue weighted by atomic mass is 10.1. The van der Waals surface area contributed by atoms with Crippen molar-refractivity contribution < 1.29 is 9.53 Å². The number of nitrogens with zero attached hydrogens (tertiary/aromatic N) is 3. The summed E-state index contributed by atoms with van der Waals surface area (Å²) in [5.41, 5.74) is 10.0. The highest BCUT2D eigenvalue weighted by Gasteiger charge is 2.16. The van der Waals surface area contributed by atoms with E-state index >= 15 is 0 Å². The van der Waals surface area contributed by atoms with Crippen LogP contribution in [0.25, 0.3) is 0 Å². The van der Waals surface area contributed by atoms with Crippen LogP contribution >= 0.6 is 0 Å². The predicted octanol–water partition coefficient (Wildman–Crippen LogP) is 4.51. The highest BCUT2D eigenvalue weighted by Crippen LogP contribution is 2.22. The fourth-order valence-electron chi connectivity index (χ4n) is 3.45. The first-order valence-electron chi connectivity index (χ1n) is 12.3. The van der Waals surface area contributed by atoms with Crippen molar-refractivity contribution in [3.8, 4) is 5.88 Å². The van der Waals surface area contributed by atoms with Crippen molar-refractivity contribution in [1.82, 2.24) is 15.3 Å². The number of aromatic nitrogens is 2. The molecule has 0 aliphatic carbocycles. The van der Waals surface area contributed by atoms with Gasteiger partial charge in [-0.25, -0.2) is 9.97 Å². The lowest BCUT2D eigenvalue weighted by molar-refractivity contribution is -0.121. The number of nitrogens with two attached hydrogens (primary N) is 1. The van der Waals surface area contributed by atoms with E-state index in [2.05, 4.69) is 46.6 Å². The molecule has 0 aliphatic heterocycles. The van der Waals surface area contributed by atoms with E-state index in [1.165, 1.54) is 0 Å². The SMILES string of the molecule is CCCNc1nc(CCCC(N)=CC=NC(CC(=O)NC(C)C)c2ccc(OC)nc2)ccc1C. The zero-order valence-electron chi connectivity index (χ0n) is 21.7. The van der Waals surface area contributed by atoms with Gasteiger partial charge in [0.25, 0.3) is 0 Å². The highest BCUT2D eigenvalue weighted by molar-refractivity contribution is 5.78. The number of amides is 1. The molecule has 0 radical (unpaired) electrons.